The van der Waals surface area contributed by atoms with Crippen LogP contribution in [0.15, 0.2) is 12.1 Å². The van der Waals surface area contributed by atoms with Crippen LogP contribution in [0, 0.1) is 0 Å². The third kappa shape index (κ3) is 4.09. The Hall–Kier alpha value is -0.840. The van der Waals surface area contributed by atoms with Gasteiger partial charge >= 0.3 is 0 Å². The molecule has 0 unspecified atom stereocenters. The largest absolute Gasteiger partial charge is 0.350 e. The molecule has 1 aliphatic rings. The third-order valence-electron chi connectivity index (χ3n) is 4.34. The molecule has 1 aliphatic carbocycles. The lowest BCUT2D eigenvalue weighted by Gasteiger charge is -2.43. The summed E-state index contributed by atoms with van der Waals surface area (Å²) in [6, 6.07) is 3.07. The van der Waals surface area contributed by atoms with Gasteiger partial charge in [0.1, 0.15) is 10.3 Å². The van der Waals surface area contributed by atoms with E-state index >= 15 is 0 Å². The van der Waals surface area contributed by atoms with Crippen molar-refractivity contribution in [2.75, 3.05) is 20.6 Å². The standard InChI is InChI=1S/C15H21Cl2N3O/c1-20(2)15(6-4-3-5-7-15)10-18-14(21)11-8-12(16)19-13(17)9-11/h8-9H,3-7,10H2,1-2H3,(H,18,21). The fourth-order valence-electron chi connectivity index (χ4n) is 2.93. The first-order valence-electron chi connectivity index (χ1n) is 7.22. The molecule has 0 aliphatic heterocycles. The average Bonchev–Trinajstić information content (AvgIpc) is 2.44. The first-order chi connectivity index (χ1) is 9.93. The van der Waals surface area contributed by atoms with Gasteiger partial charge in [0, 0.05) is 17.6 Å². The lowest BCUT2D eigenvalue weighted by molar-refractivity contribution is 0.0799. The highest BCUT2D eigenvalue weighted by atomic mass is 35.5. The molecule has 4 nitrogen and oxygen atoms in total. The van der Waals surface area contributed by atoms with Crippen LogP contribution < -0.4 is 5.32 Å². The van der Waals surface area contributed by atoms with Gasteiger partial charge in [0.05, 0.1) is 0 Å². The van der Waals surface area contributed by atoms with E-state index in [1.807, 2.05) is 0 Å². The lowest BCUT2D eigenvalue weighted by atomic mass is 9.80. The van der Waals surface area contributed by atoms with Crippen LogP contribution in [0.1, 0.15) is 42.5 Å². The van der Waals surface area contributed by atoms with Gasteiger partial charge in [-0.3, -0.25) is 4.79 Å². The quantitative estimate of drug-likeness (QED) is 0.861. The summed E-state index contributed by atoms with van der Waals surface area (Å²) < 4.78 is 0. The Morgan fingerprint density at radius 2 is 1.81 bits per heavy atom. The molecule has 1 aromatic rings. The van der Waals surface area contributed by atoms with Crippen molar-refractivity contribution in [2.24, 2.45) is 0 Å². The van der Waals surface area contributed by atoms with E-state index in [1.165, 1.54) is 31.4 Å². The van der Waals surface area contributed by atoms with Crippen molar-refractivity contribution >= 4 is 29.1 Å². The molecule has 1 N–H and O–H groups in total. The number of carbonyl (C=O) groups excluding carboxylic acids is 1. The van der Waals surface area contributed by atoms with Crippen molar-refractivity contribution in [1.82, 2.24) is 15.2 Å². The zero-order chi connectivity index (χ0) is 15.5. The molecule has 1 amide bonds. The highest BCUT2D eigenvalue weighted by Gasteiger charge is 2.34. The molecule has 0 spiro atoms. The van der Waals surface area contributed by atoms with Crippen LogP contribution in [0.2, 0.25) is 10.3 Å². The van der Waals surface area contributed by atoms with Crippen LogP contribution in [0.25, 0.3) is 0 Å². The minimum atomic E-state index is -0.159. The molecule has 1 aromatic heterocycles. The highest BCUT2D eigenvalue weighted by Crippen LogP contribution is 2.31. The second-order valence-electron chi connectivity index (χ2n) is 5.86. The van der Waals surface area contributed by atoms with Gasteiger partial charge < -0.3 is 10.2 Å². The molecular formula is C15H21Cl2N3O. The molecular weight excluding hydrogens is 309 g/mol. The summed E-state index contributed by atoms with van der Waals surface area (Å²) in [4.78, 5) is 18.4. The first-order valence-corrected chi connectivity index (χ1v) is 7.97. The summed E-state index contributed by atoms with van der Waals surface area (Å²) in [5.74, 6) is -0.159. The second kappa shape index (κ2) is 6.95. The van der Waals surface area contributed by atoms with Crippen molar-refractivity contribution in [3.05, 3.63) is 28.0 Å². The number of hydrogen-bond acceptors (Lipinski definition) is 3. The number of nitrogens with zero attached hydrogens (tertiary/aromatic N) is 2. The second-order valence-corrected chi connectivity index (χ2v) is 6.64. The summed E-state index contributed by atoms with van der Waals surface area (Å²) in [6.45, 7) is 0.635. The van der Waals surface area contributed by atoms with Crippen LogP contribution in [0.4, 0.5) is 0 Å². The Labute approximate surface area is 135 Å². The molecule has 0 saturated heterocycles. The van der Waals surface area contributed by atoms with E-state index in [4.69, 9.17) is 23.2 Å². The lowest BCUT2D eigenvalue weighted by Crippen LogP contribution is -2.53. The van der Waals surface area contributed by atoms with Gasteiger partial charge in [-0.2, -0.15) is 0 Å². The summed E-state index contributed by atoms with van der Waals surface area (Å²) in [5.41, 5.74) is 0.499. The topological polar surface area (TPSA) is 45.2 Å². The maximum Gasteiger partial charge on any atom is 0.251 e. The molecule has 1 saturated carbocycles. The molecule has 2 rings (SSSR count). The SMILES string of the molecule is CN(C)C1(CNC(=O)c2cc(Cl)nc(Cl)c2)CCCCC1. The van der Waals surface area contributed by atoms with Gasteiger partial charge in [-0.1, -0.05) is 42.5 Å². The first kappa shape index (κ1) is 16.5. The molecule has 0 atom stereocenters. The number of carbonyl (C=O) groups is 1. The van der Waals surface area contributed by atoms with Gasteiger partial charge in [-0.25, -0.2) is 4.98 Å². The molecule has 0 bridgehead atoms. The van der Waals surface area contributed by atoms with Gasteiger partial charge in [-0.05, 0) is 39.1 Å². The fraction of sp³-hybridized carbons (Fsp3) is 0.600. The predicted molar refractivity (Wildman–Crippen MR) is 86.1 cm³/mol. The minimum absolute atomic E-state index is 0.0501. The Bertz CT molecular complexity index is 493. The molecule has 1 fully saturated rings. The van der Waals surface area contributed by atoms with E-state index in [1.54, 1.807) is 0 Å². The summed E-state index contributed by atoms with van der Waals surface area (Å²) in [5, 5.41) is 3.48. The van der Waals surface area contributed by atoms with E-state index in [-0.39, 0.29) is 21.8 Å². The number of hydrogen-bond donors (Lipinski definition) is 1. The highest BCUT2D eigenvalue weighted by molar-refractivity contribution is 6.33. The van der Waals surface area contributed by atoms with Crippen LogP contribution >= 0.6 is 23.2 Å². The van der Waals surface area contributed by atoms with Gasteiger partial charge in [0.15, 0.2) is 0 Å². The van der Waals surface area contributed by atoms with Crippen LogP contribution in [-0.2, 0) is 0 Å². The Balaban J connectivity index is 2.05. The van der Waals surface area contributed by atoms with Gasteiger partial charge in [0.2, 0.25) is 0 Å². The van der Waals surface area contributed by atoms with Crippen LogP contribution in [0.3, 0.4) is 0 Å². The van der Waals surface area contributed by atoms with Gasteiger partial charge in [-0.15, -0.1) is 0 Å². The molecule has 116 valence electrons. The monoisotopic (exact) mass is 329 g/mol. The number of amides is 1. The van der Waals surface area contributed by atoms with Crippen LogP contribution in [0.5, 0.6) is 0 Å². The summed E-state index contributed by atoms with van der Waals surface area (Å²) in [6.07, 6.45) is 5.91. The predicted octanol–water partition coefficient (Wildman–Crippen LogP) is 3.38. The van der Waals surface area contributed by atoms with E-state index in [9.17, 15) is 4.79 Å². The molecule has 6 heteroatoms. The number of nitrogens with one attached hydrogen (secondary N) is 1. The normalized spacial score (nSPS) is 17.8. The zero-order valence-corrected chi connectivity index (χ0v) is 14.0. The Morgan fingerprint density at radius 3 is 2.33 bits per heavy atom. The van der Waals surface area contributed by atoms with Crippen molar-refractivity contribution in [3.8, 4) is 0 Å². The number of aromatic nitrogens is 1. The smallest absolute Gasteiger partial charge is 0.251 e. The molecule has 1 heterocycles. The summed E-state index contributed by atoms with van der Waals surface area (Å²) >= 11 is 11.7. The van der Waals surface area contributed by atoms with Crippen LogP contribution in [-0.4, -0.2) is 42.0 Å². The van der Waals surface area contributed by atoms with E-state index in [0.29, 0.717) is 12.1 Å². The van der Waals surface area contributed by atoms with Gasteiger partial charge in [0.25, 0.3) is 5.91 Å². The fourth-order valence-corrected chi connectivity index (χ4v) is 3.40. The van der Waals surface area contributed by atoms with Crippen molar-refractivity contribution in [3.63, 3.8) is 0 Å². The maximum absolute atomic E-state index is 12.3. The Kier molecular flexibility index (Phi) is 5.47. The molecule has 0 radical (unpaired) electrons. The number of likely N-dealkylation sites (N-methyl/N-ethyl adjacent to an activating group) is 1. The van der Waals surface area contributed by atoms with Crippen molar-refractivity contribution in [2.45, 2.75) is 37.6 Å². The van der Waals surface area contributed by atoms with E-state index in [2.05, 4.69) is 29.3 Å². The number of pyridine rings is 1. The van der Waals surface area contributed by atoms with E-state index < -0.39 is 0 Å². The summed E-state index contributed by atoms with van der Waals surface area (Å²) in [7, 11) is 4.16. The van der Waals surface area contributed by atoms with Crippen molar-refractivity contribution < 1.29 is 4.79 Å². The number of halogens is 2. The zero-order valence-electron chi connectivity index (χ0n) is 12.5. The minimum Gasteiger partial charge on any atom is -0.350 e. The molecule has 21 heavy (non-hydrogen) atoms. The number of rotatable bonds is 4. The average molecular weight is 330 g/mol. The van der Waals surface area contributed by atoms with E-state index in [0.717, 1.165) is 12.8 Å². The third-order valence-corrected chi connectivity index (χ3v) is 4.72. The molecule has 0 aromatic carbocycles. The Morgan fingerprint density at radius 1 is 1.24 bits per heavy atom. The maximum atomic E-state index is 12.3. The van der Waals surface area contributed by atoms with Crippen molar-refractivity contribution in [1.29, 1.82) is 0 Å².